The average Bonchev–Trinajstić information content (AvgIpc) is 2.70. The van der Waals surface area contributed by atoms with E-state index in [1.54, 1.807) is 24.4 Å². The summed E-state index contributed by atoms with van der Waals surface area (Å²) in [5, 5.41) is 23.1. The van der Waals surface area contributed by atoms with Gasteiger partial charge in [0.2, 0.25) is 5.91 Å². The molecule has 0 aliphatic carbocycles. The Kier molecular flexibility index (Phi) is 6.23. The van der Waals surface area contributed by atoms with Gasteiger partial charge in [-0.15, -0.1) is 13.2 Å². The lowest BCUT2D eigenvalue weighted by atomic mass is 9.91. The molecule has 30 heavy (non-hydrogen) atoms. The van der Waals surface area contributed by atoms with Crippen LogP contribution in [0.4, 0.5) is 13.2 Å². The van der Waals surface area contributed by atoms with E-state index in [1.165, 1.54) is 31.2 Å². The van der Waals surface area contributed by atoms with Crippen molar-refractivity contribution in [1.29, 1.82) is 0 Å². The third-order valence-electron chi connectivity index (χ3n) is 4.45. The molecule has 0 aliphatic heterocycles. The number of alkyl halides is 3. The van der Waals surface area contributed by atoms with Crippen molar-refractivity contribution in [2.45, 2.75) is 25.9 Å². The van der Waals surface area contributed by atoms with Crippen LogP contribution in [0.25, 0.3) is 22.0 Å². The number of amides is 1. The lowest BCUT2D eigenvalue weighted by Gasteiger charge is -2.19. The van der Waals surface area contributed by atoms with Gasteiger partial charge in [-0.3, -0.25) is 9.78 Å². The topological polar surface area (TPSA) is 91.7 Å². The second-order valence-electron chi connectivity index (χ2n) is 6.58. The standard InChI is InChI=1S/C21H19F3N2O4/c1-12(28)26-10-14-9-17(13-4-6-15(7-5-13)30-21(22,23)24)20-16(3-2-8-25-20)19(14)18(29)11-27/h2-9,18,27,29H,10-11H2,1H3,(H,26,28)/t18-/m0/s1. The molecule has 0 unspecified atom stereocenters. The van der Waals surface area contributed by atoms with Gasteiger partial charge in [0.25, 0.3) is 0 Å². The predicted octanol–water partition coefficient (Wildman–Crippen LogP) is 3.46. The number of carbonyl (C=O) groups is 1. The van der Waals surface area contributed by atoms with Gasteiger partial charge < -0.3 is 20.3 Å². The number of hydrogen-bond donors (Lipinski definition) is 3. The minimum Gasteiger partial charge on any atom is -0.406 e. The zero-order valence-electron chi connectivity index (χ0n) is 15.9. The highest BCUT2D eigenvalue weighted by Crippen LogP contribution is 2.36. The fraction of sp³-hybridized carbons (Fsp3) is 0.238. The Hall–Kier alpha value is -3.17. The first-order valence-electron chi connectivity index (χ1n) is 8.99. The number of halogens is 3. The molecule has 3 rings (SSSR count). The van der Waals surface area contributed by atoms with Crippen LogP contribution in [0, 0.1) is 0 Å². The second-order valence-corrected chi connectivity index (χ2v) is 6.58. The maximum Gasteiger partial charge on any atom is 0.573 e. The maximum atomic E-state index is 12.4. The molecule has 3 aromatic rings. The summed E-state index contributed by atoms with van der Waals surface area (Å²) in [5.74, 6) is -0.629. The number of fused-ring (bicyclic) bond motifs is 1. The van der Waals surface area contributed by atoms with Crippen LogP contribution < -0.4 is 10.1 Å². The van der Waals surface area contributed by atoms with Crippen LogP contribution >= 0.6 is 0 Å². The van der Waals surface area contributed by atoms with Crippen molar-refractivity contribution in [3.63, 3.8) is 0 Å². The number of carbonyl (C=O) groups excluding carboxylic acids is 1. The van der Waals surface area contributed by atoms with Crippen molar-refractivity contribution in [3.05, 3.63) is 59.8 Å². The van der Waals surface area contributed by atoms with Crippen LogP contribution in [0.2, 0.25) is 0 Å². The number of pyridine rings is 1. The average molecular weight is 420 g/mol. The number of aliphatic hydroxyl groups excluding tert-OH is 2. The number of aliphatic hydroxyl groups is 2. The molecule has 9 heteroatoms. The molecule has 0 saturated carbocycles. The Morgan fingerprint density at radius 1 is 1.23 bits per heavy atom. The first-order chi connectivity index (χ1) is 14.2. The van der Waals surface area contributed by atoms with Crippen LogP contribution in [0.1, 0.15) is 24.2 Å². The van der Waals surface area contributed by atoms with Crippen LogP contribution in [0.5, 0.6) is 5.75 Å². The third-order valence-corrected chi connectivity index (χ3v) is 4.45. The number of nitrogens with zero attached hydrogens (tertiary/aromatic N) is 1. The molecule has 6 nitrogen and oxygen atoms in total. The third kappa shape index (κ3) is 4.87. The first-order valence-corrected chi connectivity index (χ1v) is 8.99. The zero-order chi connectivity index (χ0) is 21.9. The largest absolute Gasteiger partial charge is 0.573 e. The van der Waals surface area contributed by atoms with Crippen LogP contribution in [0.15, 0.2) is 48.7 Å². The van der Waals surface area contributed by atoms with Gasteiger partial charge in [-0.2, -0.15) is 0 Å². The van der Waals surface area contributed by atoms with E-state index in [4.69, 9.17) is 0 Å². The highest BCUT2D eigenvalue weighted by Gasteiger charge is 2.31. The summed E-state index contributed by atoms with van der Waals surface area (Å²) in [4.78, 5) is 15.8. The Morgan fingerprint density at radius 2 is 1.93 bits per heavy atom. The number of rotatable bonds is 6. The van der Waals surface area contributed by atoms with Crippen LogP contribution in [0.3, 0.4) is 0 Å². The van der Waals surface area contributed by atoms with E-state index >= 15 is 0 Å². The Bertz CT molecular complexity index is 1050. The van der Waals surface area contributed by atoms with Gasteiger partial charge in [-0.05, 0) is 41.0 Å². The normalized spacial score (nSPS) is 12.6. The quantitative estimate of drug-likeness (QED) is 0.568. The Balaban J connectivity index is 2.15. The fourth-order valence-electron chi connectivity index (χ4n) is 3.24. The van der Waals surface area contributed by atoms with E-state index in [9.17, 15) is 28.2 Å². The molecule has 3 N–H and O–H groups in total. The maximum absolute atomic E-state index is 12.4. The molecule has 2 aromatic carbocycles. The summed E-state index contributed by atoms with van der Waals surface area (Å²) in [7, 11) is 0. The highest BCUT2D eigenvalue weighted by molar-refractivity contribution is 5.97. The second kappa shape index (κ2) is 8.68. The lowest BCUT2D eigenvalue weighted by Crippen LogP contribution is -2.21. The Labute approximate surface area is 169 Å². The van der Waals surface area contributed by atoms with E-state index in [1.807, 2.05) is 0 Å². The number of aromatic nitrogens is 1. The zero-order valence-corrected chi connectivity index (χ0v) is 15.9. The molecule has 1 amide bonds. The molecule has 0 radical (unpaired) electrons. The Morgan fingerprint density at radius 3 is 2.53 bits per heavy atom. The van der Waals surface area contributed by atoms with E-state index in [-0.39, 0.29) is 18.2 Å². The molecular formula is C21H19F3N2O4. The van der Waals surface area contributed by atoms with Gasteiger partial charge >= 0.3 is 6.36 Å². The molecular weight excluding hydrogens is 401 g/mol. The van der Waals surface area contributed by atoms with Gasteiger partial charge in [0.1, 0.15) is 11.9 Å². The smallest absolute Gasteiger partial charge is 0.406 e. The predicted molar refractivity (Wildman–Crippen MR) is 103 cm³/mol. The van der Waals surface area contributed by atoms with Gasteiger partial charge in [-0.25, -0.2) is 0 Å². The van der Waals surface area contributed by atoms with E-state index in [0.717, 1.165) is 0 Å². The molecule has 1 aromatic heterocycles. The number of benzene rings is 2. The van der Waals surface area contributed by atoms with Crippen molar-refractivity contribution in [2.75, 3.05) is 6.61 Å². The summed E-state index contributed by atoms with van der Waals surface area (Å²) < 4.78 is 41.2. The van der Waals surface area contributed by atoms with Gasteiger partial charge in [-0.1, -0.05) is 18.2 Å². The molecule has 158 valence electrons. The fourth-order valence-corrected chi connectivity index (χ4v) is 3.24. The van der Waals surface area contributed by atoms with Gasteiger partial charge in [0.05, 0.1) is 12.1 Å². The van der Waals surface area contributed by atoms with Crippen molar-refractivity contribution < 1.29 is 32.9 Å². The summed E-state index contributed by atoms with van der Waals surface area (Å²) in [5.41, 5.74) is 2.64. The highest BCUT2D eigenvalue weighted by atomic mass is 19.4. The molecule has 0 spiro atoms. The monoisotopic (exact) mass is 420 g/mol. The molecule has 1 atom stereocenters. The van der Waals surface area contributed by atoms with Crippen LogP contribution in [-0.4, -0.2) is 34.1 Å². The summed E-state index contributed by atoms with van der Waals surface area (Å²) >= 11 is 0. The minimum atomic E-state index is -4.79. The molecule has 0 fully saturated rings. The lowest BCUT2D eigenvalue weighted by molar-refractivity contribution is -0.274. The minimum absolute atomic E-state index is 0.0921. The number of ether oxygens (including phenoxy) is 1. The summed E-state index contributed by atoms with van der Waals surface area (Å²) in [6, 6.07) is 10.4. The van der Waals surface area contributed by atoms with E-state index < -0.39 is 19.1 Å². The summed E-state index contributed by atoms with van der Waals surface area (Å²) in [6.45, 7) is 0.916. The van der Waals surface area contributed by atoms with Crippen LogP contribution in [-0.2, 0) is 11.3 Å². The van der Waals surface area contributed by atoms with Crippen molar-refractivity contribution in [1.82, 2.24) is 10.3 Å². The first kappa shape index (κ1) is 21.5. The number of nitrogens with one attached hydrogen (secondary N) is 1. The SMILES string of the molecule is CC(=O)NCc1cc(-c2ccc(OC(F)(F)F)cc2)c2ncccc2c1[C@@H](O)CO. The molecule has 0 aliphatic rings. The molecule has 1 heterocycles. The molecule has 0 saturated heterocycles. The number of hydrogen-bond acceptors (Lipinski definition) is 5. The van der Waals surface area contributed by atoms with Gasteiger partial charge in [0.15, 0.2) is 0 Å². The van der Waals surface area contributed by atoms with E-state index in [2.05, 4.69) is 15.0 Å². The van der Waals surface area contributed by atoms with Gasteiger partial charge in [0, 0.05) is 30.6 Å². The van der Waals surface area contributed by atoms with Crippen molar-refractivity contribution >= 4 is 16.8 Å². The van der Waals surface area contributed by atoms with Crippen molar-refractivity contribution in [3.8, 4) is 16.9 Å². The van der Waals surface area contributed by atoms with E-state index in [0.29, 0.717) is 33.2 Å². The summed E-state index contributed by atoms with van der Waals surface area (Å²) in [6.07, 6.45) is -4.43. The van der Waals surface area contributed by atoms with Crippen molar-refractivity contribution in [2.24, 2.45) is 0 Å². The molecule has 0 bridgehead atoms.